The summed E-state index contributed by atoms with van der Waals surface area (Å²) in [5, 5.41) is 1.98. The molecule has 1 atom stereocenters. The van der Waals surface area contributed by atoms with E-state index in [0.29, 0.717) is 12.3 Å². The zero-order valence-corrected chi connectivity index (χ0v) is 11.7. The summed E-state index contributed by atoms with van der Waals surface area (Å²) in [7, 11) is 0.651. The smallest absolute Gasteiger partial charge is 0.235 e. The van der Waals surface area contributed by atoms with E-state index < -0.39 is 10.8 Å². The number of hydrogen-bond acceptors (Lipinski definition) is 3. The van der Waals surface area contributed by atoms with Gasteiger partial charge in [0.25, 0.3) is 0 Å². The summed E-state index contributed by atoms with van der Waals surface area (Å²) in [5.41, 5.74) is 0. The van der Waals surface area contributed by atoms with Crippen LogP contribution < -0.4 is 0 Å². The summed E-state index contributed by atoms with van der Waals surface area (Å²) < 4.78 is 11.5. The number of allylic oxidation sites excluding steroid dienone is 1. The Bertz CT molecular complexity index is 399. The minimum absolute atomic E-state index is 0.0683. The van der Waals surface area contributed by atoms with E-state index in [0.717, 1.165) is 4.88 Å². The Morgan fingerprint density at radius 3 is 2.94 bits per heavy atom. The molecule has 1 aromatic heterocycles. The highest BCUT2D eigenvalue weighted by atomic mass is 32.2. The molecular weight excluding hydrogens is 254 g/mol. The number of rotatable bonds is 6. The van der Waals surface area contributed by atoms with Gasteiger partial charge in [-0.2, -0.15) is 0 Å². The number of nitrogens with zero attached hydrogens (tertiary/aromatic N) is 1. The Hall–Kier alpha value is -0.940. The molecule has 3 nitrogen and oxygen atoms in total. The lowest BCUT2D eigenvalue weighted by atomic mass is 10.4. The fraction of sp³-hybridized carbons (Fsp3) is 0.417. The van der Waals surface area contributed by atoms with Gasteiger partial charge in [-0.25, -0.2) is 0 Å². The molecule has 5 heteroatoms. The van der Waals surface area contributed by atoms with Crippen LogP contribution in [0.2, 0.25) is 0 Å². The molecule has 0 N–H and O–H groups in total. The molecule has 1 rings (SSSR count). The molecule has 0 aliphatic heterocycles. The zero-order valence-electron chi connectivity index (χ0n) is 10.1. The van der Waals surface area contributed by atoms with Gasteiger partial charge in [0.1, 0.15) is 5.75 Å². The van der Waals surface area contributed by atoms with E-state index in [1.165, 1.54) is 0 Å². The average molecular weight is 271 g/mol. The third kappa shape index (κ3) is 5.28. The molecule has 0 aliphatic carbocycles. The van der Waals surface area contributed by atoms with Crippen molar-refractivity contribution in [3.8, 4) is 0 Å². The predicted octanol–water partition coefficient (Wildman–Crippen LogP) is 2.03. The van der Waals surface area contributed by atoms with E-state index in [4.69, 9.17) is 0 Å². The molecule has 1 aromatic rings. The van der Waals surface area contributed by atoms with Crippen molar-refractivity contribution >= 4 is 28.0 Å². The van der Waals surface area contributed by atoms with E-state index in [2.05, 4.69) is 0 Å². The first-order valence-electron chi connectivity index (χ1n) is 5.36. The molecule has 0 fully saturated rings. The Morgan fingerprint density at radius 1 is 1.59 bits per heavy atom. The van der Waals surface area contributed by atoms with E-state index >= 15 is 0 Å². The molecule has 1 amide bonds. The molecule has 94 valence electrons. The summed E-state index contributed by atoms with van der Waals surface area (Å²) in [4.78, 5) is 14.5. The minimum Gasteiger partial charge on any atom is -0.340 e. The molecule has 1 heterocycles. The van der Waals surface area contributed by atoms with Crippen LogP contribution in [0, 0.1) is 0 Å². The molecule has 0 saturated heterocycles. The highest BCUT2D eigenvalue weighted by molar-refractivity contribution is 7.85. The van der Waals surface area contributed by atoms with Crippen molar-refractivity contribution in [2.45, 2.75) is 13.5 Å². The predicted molar refractivity (Wildman–Crippen MR) is 73.5 cm³/mol. The number of amides is 1. The van der Waals surface area contributed by atoms with Crippen molar-refractivity contribution in [3.63, 3.8) is 0 Å². The van der Waals surface area contributed by atoms with Crippen LogP contribution in [0.4, 0.5) is 0 Å². The van der Waals surface area contributed by atoms with Gasteiger partial charge >= 0.3 is 0 Å². The maximum atomic E-state index is 11.8. The lowest BCUT2D eigenvalue weighted by molar-refractivity contribution is -0.127. The van der Waals surface area contributed by atoms with Crippen LogP contribution in [0.3, 0.4) is 0 Å². The molecule has 0 aromatic carbocycles. The summed E-state index contributed by atoms with van der Waals surface area (Å²) in [6.07, 6.45) is 3.67. The molecule has 17 heavy (non-hydrogen) atoms. The summed E-state index contributed by atoms with van der Waals surface area (Å²) in [6.45, 7) is 2.47. The molecule has 0 saturated carbocycles. The Balaban J connectivity index is 2.39. The van der Waals surface area contributed by atoms with E-state index in [1.54, 1.807) is 23.3 Å². The van der Waals surface area contributed by atoms with Gasteiger partial charge in [-0.1, -0.05) is 18.2 Å². The number of hydrogen-bond donors (Lipinski definition) is 0. The fourth-order valence-electron chi connectivity index (χ4n) is 1.23. The standard InChI is InChI=1S/C12H17NO2S2/c1-3-4-8-17(15)10-12(14)13(2)9-11-6-5-7-16-11/h3-7H,8-10H2,1-2H3/b4-3+/t17-/m1/s1. The summed E-state index contributed by atoms with van der Waals surface area (Å²) >= 11 is 1.62. The van der Waals surface area contributed by atoms with E-state index in [9.17, 15) is 9.00 Å². The lowest BCUT2D eigenvalue weighted by Crippen LogP contribution is -2.30. The Kier molecular flexibility index (Phi) is 6.15. The van der Waals surface area contributed by atoms with Crippen LogP contribution in [0.1, 0.15) is 11.8 Å². The van der Waals surface area contributed by atoms with Crippen molar-refractivity contribution in [2.24, 2.45) is 0 Å². The topological polar surface area (TPSA) is 37.4 Å². The third-order valence-electron chi connectivity index (χ3n) is 2.20. The van der Waals surface area contributed by atoms with E-state index in [1.807, 2.05) is 36.6 Å². The first kappa shape index (κ1) is 14.1. The average Bonchev–Trinajstić information content (AvgIpc) is 2.78. The van der Waals surface area contributed by atoms with Crippen molar-refractivity contribution < 1.29 is 9.00 Å². The molecule has 0 aliphatic rings. The zero-order chi connectivity index (χ0) is 12.7. The van der Waals surface area contributed by atoms with Crippen LogP contribution in [0.25, 0.3) is 0 Å². The van der Waals surface area contributed by atoms with E-state index in [-0.39, 0.29) is 11.7 Å². The quantitative estimate of drug-likeness (QED) is 0.742. The van der Waals surface area contributed by atoms with Crippen molar-refractivity contribution in [3.05, 3.63) is 34.5 Å². The number of thiophene rings is 1. The monoisotopic (exact) mass is 271 g/mol. The molecular formula is C12H17NO2S2. The van der Waals surface area contributed by atoms with Crippen LogP contribution >= 0.6 is 11.3 Å². The second-order valence-corrected chi connectivity index (χ2v) is 6.18. The van der Waals surface area contributed by atoms with Crippen LogP contribution in [-0.4, -0.2) is 33.6 Å². The number of carbonyl (C=O) groups excluding carboxylic acids is 1. The Labute approximate surface area is 109 Å². The lowest BCUT2D eigenvalue weighted by Gasteiger charge is -2.15. The SMILES string of the molecule is C/C=C/C[S@@](=O)CC(=O)N(C)Cc1cccs1. The first-order chi connectivity index (χ1) is 8.13. The third-order valence-corrected chi connectivity index (χ3v) is 4.20. The summed E-state index contributed by atoms with van der Waals surface area (Å²) in [5.74, 6) is 0.489. The largest absolute Gasteiger partial charge is 0.340 e. The normalized spacial score (nSPS) is 12.8. The second-order valence-electron chi connectivity index (χ2n) is 3.65. The van der Waals surface area contributed by atoms with Gasteiger partial charge in [0, 0.05) is 28.5 Å². The van der Waals surface area contributed by atoms with Gasteiger partial charge in [-0.15, -0.1) is 11.3 Å². The van der Waals surface area contributed by atoms with Gasteiger partial charge in [0.05, 0.1) is 6.54 Å². The van der Waals surface area contributed by atoms with Crippen LogP contribution in [-0.2, 0) is 22.1 Å². The maximum absolute atomic E-state index is 11.8. The molecule has 0 unspecified atom stereocenters. The van der Waals surface area contributed by atoms with Gasteiger partial charge in [-0.3, -0.25) is 9.00 Å². The molecule has 0 spiro atoms. The molecule has 0 radical (unpaired) electrons. The first-order valence-corrected chi connectivity index (χ1v) is 7.72. The van der Waals surface area contributed by atoms with Gasteiger partial charge in [0.15, 0.2) is 0 Å². The molecule has 0 bridgehead atoms. The van der Waals surface area contributed by atoms with Gasteiger partial charge in [-0.05, 0) is 18.4 Å². The van der Waals surface area contributed by atoms with Gasteiger partial charge < -0.3 is 4.90 Å². The minimum atomic E-state index is -1.09. The second kappa shape index (κ2) is 7.40. The highest BCUT2D eigenvalue weighted by Crippen LogP contribution is 2.10. The fourth-order valence-corrected chi connectivity index (χ4v) is 3.01. The summed E-state index contributed by atoms with van der Waals surface area (Å²) in [6, 6.07) is 3.95. The highest BCUT2D eigenvalue weighted by Gasteiger charge is 2.12. The van der Waals surface area contributed by atoms with Crippen LogP contribution in [0.15, 0.2) is 29.7 Å². The van der Waals surface area contributed by atoms with Crippen molar-refractivity contribution in [1.29, 1.82) is 0 Å². The van der Waals surface area contributed by atoms with Crippen molar-refractivity contribution in [2.75, 3.05) is 18.6 Å². The van der Waals surface area contributed by atoms with Crippen molar-refractivity contribution in [1.82, 2.24) is 4.90 Å². The van der Waals surface area contributed by atoms with Gasteiger partial charge in [0.2, 0.25) is 5.91 Å². The Morgan fingerprint density at radius 2 is 2.35 bits per heavy atom. The van der Waals surface area contributed by atoms with Crippen LogP contribution in [0.5, 0.6) is 0 Å². The maximum Gasteiger partial charge on any atom is 0.235 e. The number of carbonyl (C=O) groups is 1.